The SMILES string of the molecule is C=CCSc1nnc2c(n1)OC(c1cc(Br)c(OCC)c(OC)c1)N(C(=O)CC)c1ccccc1-2. The van der Waals surface area contributed by atoms with Crippen LogP contribution in [-0.4, -0.2) is 40.6 Å². The zero-order valence-corrected chi connectivity index (χ0v) is 22.1. The van der Waals surface area contributed by atoms with Crippen molar-refractivity contribution in [3.63, 3.8) is 0 Å². The van der Waals surface area contributed by atoms with Crippen LogP contribution in [0.1, 0.15) is 32.1 Å². The van der Waals surface area contributed by atoms with Gasteiger partial charge in [0.1, 0.15) is 0 Å². The van der Waals surface area contributed by atoms with Gasteiger partial charge in [-0.15, -0.1) is 16.8 Å². The second-order valence-electron chi connectivity index (χ2n) is 7.42. The number of aromatic nitrogens is 3. The topological polar surface area (TPSA) is 86.7 Å². The number of rotatable bonds is 8. The Morgan fingerprint density at radius 1 is 1.29 bits per heavy atom. The third-order valence-corrected chi connectivity index (χ3v) is 6.66. The van der Waals surface area contributed by atoms with Crippen molar-refractivity contribution in [3.8, 4) is 28.6 Å². The number of ether oxygens (including phenoxy) is 3. The van der Waals surface area contributed by atoms with Gasteiger partial charge in [0.25, 0.3) is 0 Å². The molecule has 2 aromatic carbocycles. The Labute approximate surface area is 216 Å². The molecule has 1 aliphatic rings. The van der Waals surface area contributed by atoms with Crippen LogP contribution in [-0.2, 0) is 4.79 Å². The zero-order chi connectivity index (χ0) is 24.9. The van der Waals surface area contributed by atoms with Gasteiger partial charge in [0.15, 0.2) is 17.2 Å². The second kappa shape index (κ2) is 11.1. The van der Waals surface area contributed by atoms with Crippen LogP contribution in [0.3, 0.4) is 0 Å². The molecule has 0 radical (unpaired) electrons. The number of thioether (sulfide) groups is 1. The molecule has 0 aliphatic carbocycles. The van der Waals surface area contributed by atoms with E-state index in [1.165, 1.54) is 11.8 Å². The van der Waals surface area contributed by atoms with Crippen molar-refractivity contribution in [2.24, 2.45) is 0 Å². The maximum Gasteiger partial charge on any atom is 0.247 e. The highest BCUT2D eigenvalue weighted by molar-refractivity contribution is 9.10. The van der Waals surface area contributed by atoms with Gasteiger partial charge in [-0.3, -0.25) is 9.69 Å². The third-order valence-electron chi connectivity index (χ3n) is 5.24. The fourth-order valence-electron chi connectivity index (χ4n) is 3.73. The van der Waals surface area contributed by atoms with Gasteiger partial charge in [-0.1, -0.05) is 43.0 Å². The number of para-hydroxylation sites is 1. The highest BCUT2D eigenvalue weighted by Crippen LogP contribution is 2.46. The van der Waals surface area contributed by atoms with E-state index < -0.39 is 6.23 Å². The molecule has 2 heterocycles. The fourth-order valence-corrected chi connectivity index (χ4v) is 4.82. The van der Waals surface area contributed by atoms with Crippen molar-refractivity contribution >= 4 is 39.3 Å². The summed E-state index contributed by atoms with van der Waals surface area (Å²) < 4.78 is 18.5. The maximum absolute atomic E-state index is 13.3. The normalized spacial score (nSPS) is 14.3. The number of halogens is 1. The van der Waals surface area contributed by atoms with Crippen LogP contribution in [0, 0.1) is 0 Å². The number of amides is 1. The largest absolute Gasteiger partial charge is 0.493 e. The summed E-state index contributed by atoms with van der Waals surface area (Å²) in [6.07, 6.45) is 1.21. The second-order valence-corrected chi connectivity index (χ2v) is 9.26. The molecular weight excluding hydrogens is 532 g/mol. The maximum atomic E-state index is 13.3. The van der Waals surface area contributed by atoms with Gasteiger partial charge in [-0.2, -0.15) is 4.98 Å². The lowest BCUT2D eigenvalue weighted by Crippen LogP contribution is -2.37. The first-order chi connectivity index (χ1) is 17.0. The van der Waals surface area contributed by atoms with Gasteiger partial charge in [-0.25, -0.2) is 0 Å². The molecule has 0 saturated carbocycles. The minimum absolute atomic E-state index is 0.117. The van der Waals surface area contributed by atoms with E-state index in [0.29, 0.717) is 61.9 Å². The molecule has 182 valence electrons. The van der Waals surface area contributed by atoms with Gasteiger partial charge in [0, 0.05) is 23.3 Å². The van der Waals surface area contributed by atoms with Crippen LogP contribution in [0.2, 0.25) is 0 Å². The van der Waals surface area contributed by atoms with E-state index in [0.717, 1.165) is 0 Å². The van der Waals surface area contributed by atoms with Crippen molar-refractivity contribution in [2.75, 3.05) is 24.4 Å². The summed E-state index contributed by atoms with van der Waals surface area (Å²) in [4.78, 5) is 19.6. The van der Waals surface area contributed by atoms with Gasteiger partial charge in [0.05, 0.1) is 23.9 Å². The Balaban J connectivity index is 1.93. The number of fused-ring (bicyclic) bond motifs is 3. The van der Waals surface area contributed by atoms with Gasteiger partial charge in [-0.05, 0) is 41.1 Å². The molecule has 1 atom stereocenters. The molecule has 3 aromatic rings. The summed E-state index contributed by atoms with van der Waals surface area (Å²) in [5.74, 6) is 1.90. The number of hydrogen-bond donors (Lipinski definition) is 0. The van der Waals surface area contributed by atoms with Crippen molar-refractivity contribution in [2.45, 2.75) is 31.7 Å². The summed E-state index contributed by atoms with van der Waals surface area (Å²) >= 11 is 4.99. The summed E-state index contributed by atoms with van der Waals surface area (Å²) in [6, 6.07) is 11.2. The quantitative estimate of drug-likeness (QED) is 0.253. The Morgan fingerprint density at radius 2 is 2.09 bits per heavy atom. The molecule has 10 heteroatoms. The van der Waals surface area contributed by atoms with Crippen LogP contribution >= 0.6 is 27.7 Å². The van der Waals surface area contributed by atoms with E-state index in [2.05, 4.69) is 37.7 Å². The Morgan fingerprint density at radius 3 is 2.80 bits per heavy atom. The standard InChI is InChI=1S/C25H25BrN4O4S/c1-5-12-35-25-27-23-21(28-29-25)16-10-8-9-11-18(16)30(20(31)6-2)24(34-23)15-13-17(26)22(33-7-3)19(14-15)32-4/h5,8-11,13-14,24H,1,6-7,12H2,2-4H3. The van der Waals surface area contributed by atoms with Crippen molar-refractivity contribution in [3.05, 3.63) is 59.1 Å². The minimum Gasteiger partial charge on any atom is -0.493 e. The van der Waals surface area contributed by atoms with Crippen molar-refractivity contribution in [1.82, 2.24) is 15.2 Å². The molecule has 1 unspecified atom stereocenters. The van der Waals surface area contributed by atoms with E-state index in [1.54, 1.807) is 18.1 Å². The minimum atomic E-state index is -0.834. The van der Waals surface area contributed by atoms with Crippen LogP contribution in [0.15, 0.2) is 58.7 Å². The molecule has 35 heavy (non-hydrogen) atoms. The highest BCUT2D eigenvalue weighted by Gasteiger charge is 2.36. The molecule has 1 amide bonds. The van der Waals surface area contributed by atoms with Crippen LogP contribution in [0.4, 0.5) is 5.69 Å². The van der Waals surface area contributed by atoms with Gasteiger partial charge < -0.3 is 14.2 Å². The van der Waals surface area contributed by atoms with Crippen LogP contribution < -0.4 is 19.1 Å². The van der Waals surface area contributed by atoms with E-state index in [-0.39, 0.29) is 12.3 Å². The highest BCUT2D eigenvalue weighted by atomic mass is 79.9. The first-order valence-electron chi connectivity index (χ1n) is 11.1. The van der Waals surface area contributed by atoms with E-state index >= 15 is 0 Å². The molecule has 0 spiro atoms. The number of nitrogens with zero attached hydrogens (tertiary/aromatic N) is 4. The summed E-state index contributed by atoms with van der Waals surface area (Å²) in [5, 5.41) is 9.14. The molecule has 1 aliphatic heterocycles. The van der Waals surface area contributed by atoms with Crippen molar-refractivity contribution < 1.29 is 19.0 Å². The first kappa shape index (κ1) is 25.0. The van der Waals surface area contributed by atoms with Gasteiger partial charge >= 0.3 is 0 Å². The molecule has 4 rings (SSSR count). The monoisotopic (exact) mass is 556 g/mol. The number of methoxy groups -OCH3 is 1. The predicted octanol–water partition coefficient (Wildman–Crippen LogP) is 5.82. The lowest BCUT2D eigenvalue weighted by Gasteiger charge is -2.31. The zero-order valence-electron chi connectivity index (χ0n) is 19.7. The average Bonchev–Trinajstić information content (AvgIpc) is 3.02. The van der Waals surface area contributed by atoms with Gasteiger partial charge in [0.2, 0.25) is 23.2 Å². The Bertz CT molecular complexity index is 1260. The summed E-state index contributed by atoms with van der Waals surface area (Å²) in [7, 11) is 1.57. The summed E-state index contributed by atoms with van der Waals surface area (Å²) in [6.45, 7) is 7.94. The lowest BCUT2D eigenvalue weighted by atomic mass is 10.1. The van der Waals surface area contributed by atoms with E-state index in [1.807, 2.05) is 50.2 Å². The third kappa shape index (κ3) is 4.99. The Kier molecular flexibility index (Phi) is 7.92. The van der Waals surface area contributed by atoms with Crippen LogP contribution in [0.5, 0.6) is 17.4 Å². The molecule has 0 bridgehead atoms. The fraction of sp³-hybridized carbons (Fsp3) is 0.280. The number of benzene rings is 2. The molecule has 8 nitrogen and oxygen atoms in total. The van der Waals surface area contributed by atoms with Crippen LogP contribution in [0.25, 0.3) is 11.3 Å². The molecule has 0 fully saturated rings. The number of anilines is 1. The first-order valence-corrected chi connectivity index (χ1v) is 12.9. The van der Waals surface area contributed by atoms with E-state index in [4.69, 9.17) is 14.2 Å². The summed E-state index contributed by atoms with van der Waals surface area (Å²) in [5.41, 5.74) is 2.52. The van der Waals surface area contributed by atoms with Crippen molar-refractivity contribution in [1.29, 1.82) is 0 Å². The predicted molar refractivity (Wildman–Crippen MR) is 139 cm³/mol. The molecular formula is C25H25BrN4O4S. The Hall–Kier alpha value is -3.11. The number of carbonyl (C=O) groups excluding carboxylic acids is 1. The molecule has 0 saturated heterocycles. The smallest absolute Gasteiger partial charge is 0.247 e. The molecule has 0 N–H and O–H groups in total. The molecule has 1 aromatic heterocycles. The van der Waals surface area contributed by atoms with E-state index in [9.17, 15) is 4.79 Å². The number of carbonyl (C=O) groups is 1. The number of hydrogen-bond acceptors (Lipinski definition) is 8. The lowest BCUT2D eigenvalue weighted by molar-refractivity contribution is -0.120. The average molecular weight is 557 g/mol.